The van der Waals surface area contributed by atoms with Crippen molar-refractivity contribution in [2.75, 3.05) is 31.8 Å². The van der Waals surface area contributed by atoms with E-state index in [4.69, 9.17) is 16.3 Å². The minimum absolute atomic E-state index is 0.0761. The predicted octanol–water partition coefficient (Wildman–Crippen LogP) is 4.11. The molecule has 29 heavy (non-hydrogen) atoms. The molecule has 0 unspecified atom stereocenters. The SMILES string of the molecule is COc1ccc(S(=O)(=O)N2CCC(C(=O)Nc3cccc(SC)c3)CC2)cc1Cl. The van der Waals surface area contributed by atoms with Crippen LogP contribution < -0.4 is 10.1 Å². The van der Waals surface area contributed by atoms with Gasteiger partial charge in [-0.2, -0.15) is 4.31 Å². The summed E-state index contributed by atoms with van der Waals surface area (Å²) >= 11 is 7.68. The van der Waals surface area contributed by atoms with Crippen LogP contribution in [0.25, 0.3) is 0 Å². The zero-order chi connectivity index (χ0) is 21.0. The maximum Gasteiger partial charge on any atom is 0.243 e. The van der Waals surface area contributed by atoms with E-state index in [9.17, 15) is 13.2 Å². The van der Waals surface area contributed by atoms with Crippen molar-refractivity contribution >= 4 is 45.0 Å². The maximum absolute atomic E-state index is 12.9. The van der Waals surface area contributed by atoms with Crippen molar-refractivity contribution in [1.29, 1.82) is 0 Å². The second-order valence-electron chi connectivity index (χ2n) is 6.70. The standard InChI is InChI=1S/C20H23ClN2O4S2/c1-27-19-7-6-17(13-18(19)21)29(25,26)23-10-8-14(9-11-23)20(24)22-15-4-3-5-16(12-15)28-2/h3-7,12-14H,8-11H2,1-2H3,(H,22,24). The Morgan fingerprint density at radius 2 is 1.93 bits per heavy atom. The van der Waals surface area contributed by atoms with E-state index in [1.165, 1.54) is 29.6 Å². The van der Waals surface area contributed by atoms with Gasteiger partial charge in [0.25, 0.3) is 0 Å². The third-order valence-corrected chi connectivity index (χ3v) is 7.84. The highest BCUT2D eigenvalue weighted by atomic mass is 35.5. The number of carbonyl (C=O) groups is 1. The van der Waals surface area contributed by atoms with E-state index in [2.05, 4.69) is 5.32 Å². The first kappa shape index (κ1) is 22.0. The summed E-state index contributed by atoms with van der Waals surface area (Å²) in [4.78, 5) is 13.8. The Morgan fingerprint density at radius 3 is 2.55 bits per heavy atom. The van der Waals surface area contributed by atoms with Gasteiger partial charge in [0.2, 0.25) is 15.9 Å². The molecule has 1 heterocycles. The molecule has 2 aromatic carbocycles. The smallest absolute Gasteiger partial charge is 0.243 e. The highest BCUT2D eigenvalue weighted by molar-refractivity contribution is 7.98. The first-order chi connectivity index (χ1) is 13.8. The van der Waals surface area contributed by atoms with Gasteiger partial charge in [0.1, 0.15) is 5.75 Å². The average molecular weight is 455 g/mol. The highest BCUT2D eigenvalue weighted by Gasteiger charge is 2.32. The number of hydrogen-bond donors (Lipinski definition) is 1. The topological polar surface area (TPSA) is 75.7 Å². The van der Waals surface area contributed by atoms with Gasteiger partial charge in [-0.15, -0.1) is 11.8 Å². The molecule has 0 aliphatic carbocycles. The van der Waals surface area contributed by atoms with Gasteiger partial charge in [0.05, 0.1) is 17.0 Å². The molecule has 1 N–H and O–H groups in total. The van der Waals surface area contributed by atoms with Crippen LogP contribution in [-0.4, -0.2) is 45.1 Å². The lowest BCUT2D eigenvalue weighted by Gasteiger charge is -2.30. The Hall–Kier alpha value is -1.74. The number of piperidine rings is 1. The van der Waals surface area contributed by atoms with Crippen LogP contribution in [0.15, 0.2) is 52.3 Å². The van der Waals surface area contributed by atoms with E-state index in [0.717, 1.165) is 10.6 Å². The number of amides is 1. The number of ether oxygens (including phenoxy) is 1. The van der Waals surface area contributed by atoms with Gasteiger partial charge >= 0.3 is 0 Å². The van der Waals surface area contributed by atoms with Crippen LogP contribution in [0.4, 0.5) is 5.69 Å². The normalized spacial score (nSPS) is 15.8. The number of nitrogens with zero attached hydrogens (tertiary/aromatic N) is 1. The fraction of sp³-hybridized carbons (Fsp3) is 0.350. The predicted molar refractivity (Wildman–Crippen MR) is 116 cm³/mol. The van der Waals surface area contributed by atoms with Crippen molar-refractivity contribution in [1.82, 2.24) is 4.31 Å². The minimum Gasteiger partial charge on any atom is -0.495 e. The van der Waals surface area contributed by atoms with Crippen LogP contribution in [0.5, 0.6) is 5.75 Å². The van der Waals surface area contributed by atoms with Gasteiger partial charge in [-0.1, -0.05) is 17.7 Å². The molecule has 2 aromatic rings. The molecule has 3 rings (SSSR count). The number of sulfonamides is 1. The Bertz CT molecular complexity index is 990. The second kappa shape index (κ2) is 9.38. The number of carbonyl (C=O) groups excluding carboxylic acids is 1. The largest absolute Gasteiger partial charge is 0.495 e. The zero-order valence-corrected chi connectivity index (χ0v) is 18.6. The fourth-order valence-corrected chi connectivity index (χ4v) is 5.54. The fourth-order valence-electron chi connectivity index (χ4n) is 3.26. The average Bonchev–Trinajstić information content (AvgIpc) is 2.73. The summed E-state index contributed by atoms with van der Waals surface area (Å²) in [5.74, 6) is 0.123. The zero-order valence-electron chi connectivity index (χ0n) is 16.2. The van der Waals surface area contributed by atoms with Gasteiger partial charge in [-0.25, -0.2) is 8.42 Å². The molecule has 0 radical (unpaired) electrons. The molecule has 1 amide bonds. The number of anilines is 1. The van der Waals surface area contributed by atoms with Gasteiger partial charge in [-0.3, -0.25) is 4.79 Å². The molecular formula is C20H23ClN2O4S2. The number of nitrogens with one attached hydrogen (secondary N) is 1. The number of rotatable bonds is 6. The second-order valence-corrected chi connectivity index (χ2v) is 9.92. The summed E-state index contributed by atoms with van der Waals surface area (Å²) in [5, 5.41) is 3.19. The van der Waals surface area contributed by atoms with Crippen LogP contribution in [0, 0.1) is 5.92 Å². The maximum atomic E-state index is 12.9. The summed E-state index contributed by atoms with van der Waals surface area (Å²) in [5.41, 5.74) is 0.754. The third-order valence-electron chi connectivity index (χ3n) is 4.92. The number of halogens is 1. The molecule has 0 atom stereocenters. The summed E-state index contributed by atoms with van der Waals surface area (Å²) < 4.78 is 32.3. The summed E-state index contributed by atoms with van der Waals surface area (Å²) in [7, 11) is -2.19. The van der Waals surface area contributed by atoms with E-state index in [1.54, 1.807) is 11.8 Å². The van der Waals surface area contributed by atoms with Crippen LogP contribution in [0.1, 0.15) is 12.8 Å². The van der Waals surface area contributed by atoms with E-state index >= 15 is 0 Å². The molecule has 0 saturated carbocycles. The van der Waals surface area contributed by atoms with Crippen LogP contribution in [-0.2, 0) is 14.8 Å². The van der Waals surface area contributed by atoms with Crippen LogP contribution >= 0.6 is 23.4 Å². The molecule has 1 fully saturated rings. The van der Waals surface area contributed by atoms with Gasteiger partial charge in [-0.05, 0) is 55.5 Å². The Kier molecular flexibility index (Phi) is 7.10. The summed E-state index contributed by atoms with van der Waals surface area (Å²) in [6, 6.07) is 12.1. The molecule has 1 aliphatic heterocycles. The van der Waals surface area contributed by atoms with Crippen LogP contribution in [0.2, 0.25) is 5.02 Å². The molecule has 6 nitrogen and oxygen atoms in total. The van der Waals surface area contributed by atoms with Crippen molar-refractivity contribution in [3.05, 3.63) is 47.5 Å². The van der Waals surface area contributed by atoms with Crippen molar-refractivity contribution in [2.45, 2.75) is 22.6 Å². The minimum atomic E-state index is -3.67. The van der Waals surface area contributed by atoms with E-state index in [0.29, 0.717) is 18.6 Å². The first-order valence-corrected chi connectivity index (χ1v) is 12.2. The molecular weight excluding hydrogens is 432 g/mol. The number of hydrogen-bond acceptors (Lipinski definition) is 5. The monoisotopic (exact) mass is 454 g/mol. The lowest BCUT2D eigenvalue weighted by molar-refractivity contribution is -0.120. The van der Waals surface area contributed by atoms with Crippen LogP contribution in [0.3, 0.4) is 0 Å². The van der Waals surface area contributed by atoms with E-state index in [-0.39, 0.29) is 34.8 Å². The van der Waals surface area contributed by atoms with Crippen molar-refractivity contribution < 1.29 is 17.9 Å². The molecule has 0 bridgehead atoms. The van der Waals surface area contributed by atoms with Crippen molar-refractivity contribution in [3.63, 3.8) is 0 Å². The number of thioether (sulfide) groups is 1. The van der Waals surface area contributed by atoms with Crippen molar-refractivity contribution in [3.8, 4) is 5.75 Å². The molecule has 1 saturated heterocycles. The lowest BCUT2D eigenvalue weighted by atomic mass is 9.97. The first-order valence-electron chi connectivity index (χ1n) is 9.13. The Balaban J connectivity index is 1.63. The highest BCUT2D eigenvalue weighted by Crippen LogP contribution is 2.30. The molecule has 0 spiro atoms. The quantitative estimate of drug-likeness (QED) is 0.665. The number of methoxy groups -OCH3 is 1. The van der Waals surface area contributed by atoms with E-state index in [1.807, 2.05) is 30.5 Å². The van der Waals surface area contributed by atoms with Crippen molar-refractivity contribution in [2.24, 2.45) is 5.92 Å². The molecule has 156 valence electrons. The van der Waals surface area contributed by atoms with E-state index < -0.39 is 10.0 Å². The number of benzene rings is 2. The Labute approximate surface area is 180 Å². The van der Waals surface area contributed by atoms with Gasteiger partial charge in [0, 0.05) is 29.6 Å². The summed E-state index contributed by atoms with van der Waals surface area (Å²) in [6.07, 6.45) is 2.92. The third kappa shape index (κ3) is 5.06. The molecule has 0 aromatic heterocycles. The summed E-state index contributed by atoms with van der Waals surface area (Å²) in [6.45, 7) is 0.573. The molecule has 9 heteroatoms. The van der Waals surface area contributed by atoms with Gasteiger partial charge < -0.3 is 10.1 Å². The molecule has 1 aliphatic rings. The van der Waals surface area contributed by atoms with Gasteiger partial charge in [0.15, 0.2) is 0 Å². The lowest BCUT2D eigenvalue weighted by Crippen LogP contribution is -2.41. The Morgan fingerprint density at radius 1 is 1.21 bits per heavy atom.